The van der Waals surface area contributed by atoms with Crippen LogP contribution in [-0.2, 0) is 24.0 Å². The van der Waals surface area contributed by atoms with Crippen molar-refractivity contribution in [3.63, 3.8) is 0 Å². The molecular weight excluding hydrogens is 702 g/mol. The molecule has 2 aliphatic carbocycles. The van der Waals surface area contributed by atoms with E-state index in [1.165, 1.54) is 17.9 Å². The van der Waals surface area contributed by atoms with Crippen LogP contribution in [0, 0.1) is 17.8 Å². The summed E-state index contributed by atoms with van der Waals surface area (Å²) < 4.78 is 12.3. The summed E-state index contributed by atoms with van der Waals surface area (Å²) in [5, 5.41) is 19.2. The summed E-state index contributed by atoms with van der Waals surface area (Å²) in [7, 11) is 1.56. The fourth-order valence-electron chi connectivity index (χ4n) is 8.10. The summed E-state index contributed by atoms with van der Waals surface area (Å²) in [6.45, 7) is 8.68. The molecule has 292 valence electrons. The van der Waals surface area contributed by atoms with Crippen molar-refractivity contribution in [1.29, 1.82) is 0 Å². The van der Waals surface area contributed by atoms with Crippen molar-refractivity contribution < 1.29 is 38.6 Å². The summed E-state index contributed by atoms with van der Waals surface area (Å²) in [6, 6.07) is 13.9. The lowest BCUT2D eigenvalue weighted by atomic mass is 9.83. The number of carbonyl (C=O) groups is 5. The van der Waals surface area contributed by atoms with Crippen LogP contribution < -0.4 is 25.4 Å². The number of hydrogen-bond acceptors (Lipinski definition) is 8. The van der Waals surface area contributed by atoms with Gasteiger partial charge in [0.1, 0.15) is 46.8 Å². The van der Waals surface area contributed by atoms with Crippen molar-refractivity contribution in [3.05, 3.63) is 67.3 Å². The van der Waals surface area contributed by atoms with Crippen LogP contribution in [0.3, 0.4) is 0 Å². The third-order valence-corrected chi connectivity index (χ3v) is 11.2. The summed E-state index contributed by atoms with van der Waals surface area (Å²) in [4.78, 5) is 73.6. The Morgan fingerprint density at radius 3 is 2.35 bits per heavy atom. The zero-order chi connectivity index (χ0) is 39.4. The number of carbonyl (C=O) groups excluding carboxylic acids is 4. The number of pyridine rings is 1. The van der Waals surface area contributed by atoms with Gasteiger partial charge in [0, 0.05) is 36.3 Å². The van der Waals surface area contributed by atoms with E-state index in [1.54, 1.807) is 21.0 Å². The number of nitrogens with zero attached hydrogens (tertiary/aromatic N) is 2. The lowest BCUT2D eigenvalue weighted by Crippen LogP contribution is -2.60. The number of likely N-dealkylation sites (tertiary alicyclic amines) is 1. The minimum absolute atomic E-state index is 0.0207. The van der Waals surface area contributed by atoms with E-state index < -0.39 is 65.3 Å². The molecule has 13 heteroatoms. The quantitative estimate of drug-likeness (QED) is 0.171. The number of para-hydroxylation sites is 1. The molecule has 3 aliphatic rings. The van der Waals surface area contributed by atoms with Crippen molar-refractivity contribution in [2.75, 3.05) is 13.7 Å². The monoisotopic (exact) mass is 753 g/mol. The molecule has 55 heavy (non-hydrogen) atoms. The van der Waals surface area contributed by atoms with Crippen LogP contribution in [0.1, 0.15) is 65.7 Å². The highest BCUT2D eigenvalue weighted by atomic mass is 16.5. The molecule has 0 bridgehead atoms. The highest BCUT2D eigenvalue weighted by Crippen LogP contribution is 2.45. The molecule has 6 rings (SSSR count). The number of rotatable bonds is 14. The first kappa shape index (κ1) is 39.2. The number of aromatic nitrogens is 1. The largest absolute Gasteiger partial charge is 0.494 e. The Kier molecular flexibility index (Phi) is 11.8. The number of carboxylic acid groups (broad SMARTS) is 1. The van der Waals surface area contributed by atoms with E-state index in [2.05, 4.69) is 22.5 Å². The molecule has 3 aromatic rings. The first-order valence-corrected chi connectivity index (χ1v) is 19.1. The third-order valence-electron chi connectivity index (χ3n) is 11.2. The van der Waals surface area contributed by atoms with Crippen LogP contribution in [0.5, 0.6) is 11.5 Å². The van der Waals surface area contributed by atoms with Crippen molar-refractivity contribution in [1.82, 2.24) is 25.8 Å². The molecule has 0 unspecified atom stereocenters. The van der Waals surface area contributed by atoms with Gasteiger partial charge in [0.05, 0.1) is 19.3 Å². The maximum atomic E-state index is 14.7. The average Bonchev–Trinajstić information content (AvgIpc) is 3.75. The molecule has 3 fully saturated rings. The van der Waals surface area contributed by atoms with Crippen molar-refractivity contribution in [3.8, 4) is 22.8 Å². The van der Waals surface area contributed by atoms with Crippen LogP contribution >= 0.6 is 0 Å². The molecule has 4 N–H and O–H groups in total. The smallest absolute Gasteiger partial charge is 0.330 e. The Morgan fingerprint density at radius 2 is 1.73 bits per heavy atom. The molecule has 6 atom stereocenters. The Hall–Kier alpha value is -5.46. The number of benzene rings is 2. The summed E-state index contributed by atoms with van der Waals surface area (Å²) in [5.41, 5.74) is 0.534. The van der Waals surface area contributed by atoms with Gasteiger partial charge in [-0.3, -0.25) is 19.2 Å². The molecule has 2 heterocycles. The van der Waals surface area contributed by atoms with E-state index >= 15 is 0 Å². The predicted molar refractivity (Wildman–Crippen MR) is 206 cm³/mol. The topological polar surface area (TPSA) is 176 Å². The molecule has 4 amide bonds. The number of hydrogen-bond donors (Lipinski definition) is 4. The third kappa shape index (κ3) is 8.30. The number of amides is 4. The van der Waals surface area contributed by atoms with E-state index in [1.807, 2.05) is 54.6 Å². The van der Waals surface area contributed by atoms with Gasteiger partial charge in [0.2, 0.25) is 23.6 Å². The molecule has 1 saturated heterocycles. The number of aliphatic carboxylic acids is 1. The Bertz CT molecular complexity index is 1950. The highest BCUT2D eigenvalue weighted by Gasteiger charge is 2.61. The number of methoxy groups -OCH3 is 1. The maximum Gasteiger partial charge on any atom is 0.330 e. The van der Waals surface area contributed by atoms with E-state index in [4.69, 9.17) is 14.5 Å². The van der Waals surface area contributed by atoms with Crippen LogP contribution in [0.4, 0.5) is 0 Å². The molecule has 0 spiro atoms. The number of carboxylic acids is 1. The van der Waals surface area contributed by atoms with E-state index in [0.29, 0.717) is 28.1 Å². The predicted octanol–water partition coefficient (Wildman–Crippen LogP) is 4.63. The van der Waals surface area contributed by atoms with Gasteiger partial charge in [-0.25, -0.2) is 9.78 Å². The van der Waals surface area contributed by atoms with Crippen molar-refractivity contribution in [2.45, 2.75) is 95.5 Å². The highest BCUT2D eigenvalue weighted by molar-refractivity contribution is 5.97. The molecular formula is C42H51N5O8. The zero-order valence-corrected chi connectivity index (χ0v) is 31.9. The van der Waals surface area contributed by atoms with Gasteiger partial charge in [0.15, 0.2) is 0 Å². The van der Waals surface area contributed by atoms with Crippen molar-refractivity contribution in [2.24, 2.45) is 17.8 Å². The number of fused-ring (bicyclic) bond motifs is 1. The summed E-state index contributed by atoms with van der Waals surface area (Å²) in [5.74, 6) is -3.03. The van der Waals surface area contributed by atoms with Gasteiger partial charge < -0.3 is 35.4 Å². The Balaban J connectivity index is 1.32. The maximum absolute atomic E-state index is 14.7. The molecule has 1 aliphatic heterocycles. The van der Waals surface area contributed by atoms with E-state index in [9.17, 15) is 29.1 Å². The molecule has 13 nitrogen and oxygen atoms in total. The number of ether oxygens (including phenoxy) is 2. The van der Waals surface area contributed by atoms with Crippen LogP contribution in [0.15, 0.2) is 67.3 Å². The standard InChI is InChI=1S/C42H51N5O8/c1-6-28-22-42(28,41(52)53)46-38(49)32-20-29(55-34-21-31(26-14-9-7-10-15-26)44-37-30(34)18-13-19-33(37)54-5)23-47(32)40(51)35(24(2)3)45-39(50)36(43-25(4)48)27-16-11-8-12-17-27/h6-7,9-10,13-15,18-19,21,24,27-29,32,35-36H,1,8,11-12,16-17,20,22-23H2,2-5H3,(H,43,48)(H,45,50)(H,46,49)(H,52,53)/t28-,29-,32+,35+,36+,42-/m1/s1. The first-order chi connectivity index (χ1) is 26.4. The van der Waals surface area contributed by atoms with Gasteiger partial charge in [-0.05, 0) is 43.2 Å². The van der Waals surface area contributed by atoms with Crippen LogP contribution in [0.25, 0.3) is 22.2 Å². The normalized spacial score (nSPS) is 23.4. The molecule has 2 aromatic carbocycles. The fraction of sp³-hybridized carbons (Fsp3) is 0.476. The van der Waals surface area contributed by atoms with Gasteiger partial charge in [-0.2, -0.15) is 0 Å². The van der Waals surface area contributed by atoms with E-state index in [-0.39, 0.29) is 31.2 Å². The second kappa shape index (κ2) is 16.5. The van der Waals surface area contributed by atoms with Crippen molar-refractivity contribution >= 4 is 40.5 Å². The van der Waals surface area contributed by atoms with Gasteiger partial charge in [0.25, 0.3) is 0 Å². The van der Waals surface area contributed by atoms with E-state index in [0.717, 1.165) is 37.7 Å². The Morgan fingerprint density at radius 1 is 1.00 bits per heavy atom. The average molecular weight is 754 g/mol. The molecule has 1 aromatic heterocycles. The second-order valence-corrected chi connectivity index (χ2v) is 15.3. The summed E-state index contributed by atoms with van der Waals surface area (Å²) >= 11 is 0. The van der Waals surface area contributed by atoms with Gasteiger partial charge >= 0.3 is 5.97 Å². The van der Waals surface area contributed by atoms with Gasteiger partial charge in [-0.1, -0.05) is 75.6 Å². The van der Waals surface area contributed by atoms with Gasteiger partial charge in [-0.15, -0.1) is 6.58 Å². The molecule has 2 saturated carbocycles. The van der Waals surface area contributed by atoms with Crippen LogP contribution in [0.2, 0.25) is 0 Å². The minimum Gasteiger partial charge on any atom is -0.494 e. The SMILES string of the molecule is C=C[C@@H]1C[C@]1(NC(=O)[C@@H]1C[C@@H](Oc2cc(-c3ccccc3)nc3c(OC)cccc23)CN1C(=O)[C@@H](NC(=O)[C@@H](NC(C)=O)C1CCCCC1)C(C)C)C(=O)O. The first-order valence-electron chi connectivity index (χ1n) is 19.1. The fourth-order valence-corrected chi connectivity index (χ4v) is 8.10. The lowest BCUT2D eigenvalue weighted by Gasteiger charge is -2.34. The summed E-state index contributed by atoms with van der Waals surface area (Å²) in [6.07, 6.45) is 5.56. The zero-order valence-electron chi connectivity index (χ0n) is 31.9. The minimum atomic E-state index is -1.52. The van der Waals surface area contributed by atoms with Crippen LogP contribution in [-0.4, -0.2) is 88.0 Å². The lowest BCUT2D eigenvalue weighted by molar-refractivity contribution is -0.146. The molecule has 0 radical (unpaired) electrons. The number of nitrogens with one attached hydrogen (secondary N) is 3. The second-order valence-electron chi connectivity index (χ2n) is 15.3. The Labute approximate surface area is 321 Å².